The number of carbonyl (C=O) groups excluding carboxylic acids is 1. The number of rotatable bonds is 7. The number of ether oxygens (including phenoxy) is 1. The highest BCUT2D eigenvalue weighted by Crippen LogP contribution is 2.25. The summed E-state index contributed by atoms with van der Waals surface area (Å²) in [5.74, 6) is 1.52. The largest absolute Gasteiger partial charge is 0.422 e. The van der Waals surface area contributed by atoms with E-state index in [0.29, 0.717) is 5.92 Å². The lowest BCUT2D eigenvalue weighted by Crippen LogP contribution is -2.15. The fraction of sp³-hybridized carbons (Fsp3) is 0.316. The summed E-state index contributed by atoms with van der Waals surface area (Å²) in [6.45, 7) is 5.69. The van der Waals surface area contributed by atoms with Crippen molar-refractivity contribution in [1.29, 1.82) is 0 Å². The third-order valence-electron chi connectivity index (χ3n) is 3.55. The summed E-state index contributed by atoms with van der Waals surface area (Å²) in [4.78, 5) is 11.6. The first-order valence-corrected chi connectivity index (χ1v) is 9.31. The smallest absolute Gasteiger partial charge is 0.353 e. The second kappa shape index (κ2) is 9.21. The van der Waals surface area contributed by atoms with Gasteiger partial charge in [0.1, 0.15) is 16.2 Å². The molecule has 0 saturated carbocycles. The van der Waals surface area contributed by atoms with Crippen LogP contribution in [0.1, 0.15) is 45.1 Å². The Hall–Kier alpha value is -2.36. The average molecular weight is 362 g/mol. The van der Waals surface area contributed by atoms with Crippen LogP contribution in [0.5, 0.6) is 5.75 Å². The Labute approximate surface area is 149 Å². The van der Waals surface area contributed by atoms with Gasteiger partial charge in [0.05, 0.1) is 0 Å². The molecule has 0 aliphatic heterocycles. The van der Waals surface area contributed by atoms with Gasteiger partial charge in [0.2, 0.25) is 0 Å². The molecule has 0 saturated heterocycles. The molecule has 0 aliphatic rings. The maximum Gasteiger partial charge on any atom is 0.353 e. The lowest BCUT2D eigenvalue weighted by atomic mass is 9.96. The monoisotopic (exact) mass is 362 g/mol. The molecular formula is C19H22O5S. The summed E-state index contributed by atoms with van der Waals surface area (Å²) < 4.78 is 37.3. The Bertz CT molecular complexity index is 826. The fourth-order valence-electron chi connectivity index (χ4n) is 2.32. The topological polar surface area (TPSA) is 80.7 Å². The number of esters is 1. The van der Waals surface area contributed by atoms with E-state index in [0.717, 1.165) is 24.5 Å². The predicted molar refractivity (Wildman–Crippen MR) is 97.6 cm³/mol. The van der Waals surface area contributed by atoms with Crippen LogP contribution < -0.4 is 4.74 Å². The van der Waals surface area contributed by atoms with Gasteiger partial charge in [-0.25, -0.2) is 4.79 Å². The zero-order valence-corrected chi connectivity index (χ0v) is 15.3. The lowest BCUT2D eigenvalue weighted by molar-refractivity contribution is -0.129. The maximum absolute atomic E-state index is 12.3. The highest BCUT2D eigenvalue weighted by Gasteiger charge is 2.23. The summed E-state index contributed by atoms with van der Waals surface area (Å²) in [5, 5.41) is 0. The van der Waals surface area contributed by atoms with Crippen LogP contribution >= 0.6 is 0 Å². The van der Waals surface area contributed by atoms with E-state index in [9.17, 15) is 17.8 Å². The fourth-order valence-corrected chi connectivity index (χ4v) is 3.03. The van der Waals surface area contributed by atoms with Gasteiger partial charge in [0, 0.05) is 0 Å². The summed E-state index contributed by atoms with van der Waals surface area (Å²) in [6, 6.07) is 6.98. The molecule has 25 heavy (non-hydrogen) atoms. The molecule has 1 atom stereocenters. The molecule has 0 bridgehead atoms. The Balaban J connectivity index is 3.20. The van der Waals surface area contributed by atoms with Gasteiger partial charge in [-0.3, -0.25) is 4.55 Å². The number of allylic oxidation sites excluding steroid dienone is 2. The number of carbonyl (C=O) groups is 1. The average Bonchev–Trinajstić information content (AvgIpc) is 2.54. The van der Waals surface area contributed by atoms with Crippen LogP contribution in [0, 0.1) is 12.3 Å². The lowest BCUT2D eigenvalue weighted by Gasteiger charge is -2.12. The standard InChI is InChI=1S/C19H22O5S/c1-5-9-14(4)15-11-8-12-16(13-15)24-19(20)17(7-3)18(10-6-2)25(21,22)23/h3,6,8,10-14H,5,9H2,1-2,4H3,(H,21,22,23). The molecule has 0 aliphatic carbocycles. The van der Waals surface area contributed by atoms with Crippen molar-refractivity contribution in [2.45, 2.75) is 39.5 Å². The third kappa shape index (κ3) is 5.89. The molecule has 0 fully saturated rings. The van der Waals surface area contributed by atoms with Gasteiger partial charge in [0.25, 0.3) is 10.1 Å². The van der Waals surface area contributed by atoms with Crippen LogP contribution in [0.4, 0.5) is 0 Å². The Kier molecular flexibility index (Phi) is 7.62. The highest BCUT2D eigenvalue weighted by atomic mass is 32.2. The van der Waals surface area contributed by atoms with Gasteiger partial charge in [-0.1, -0.05) is 44.4 Å². The van der Waals surface area contributed by atoms with Crippen LogP contribution in [0.25, 0.3) is 0 Å². The first-order chi connectivity index (χ1) is 11.7. The van der Waals surface area contributed by atoms with E-state index in [4.69, 9.17) is 11.2 Å². The molecular weight excluding hydrogens is 340 g/mol. The summed E-state index contributed by atoms with van der Waals surface area (Å²) in [6.07, 6.45) is 9.66. The van der Waals surface area contributed by atoms with Crippen LogP contribution in [0.15, 0.2) is 46.9 Å². The second-order valence-corrected chi connectivity index (χ2v) is 6.90. The quantitative estimate of drug-likeness (QED) is 0.199. The molecule has 1 N–H and O–H groups in total. The minimum atomic E-state index is -4.66. The van der Waals surface area contributed by atoms with Crippen LogP contribution in [-0.4, -0.2) is 18.9 Å². The van der Waals surface area contributed by atoms with Crippen LogP contribution in [0.2, 0.25) is 0 Å². The van der Waals surface area contributed by atoms with Crippen molar-refractivity contribution in [3.05, 3.63) is 52.5 Å². The normalized spacial score (nSPS) is 13.9. The molecule has 0 spiro atoms. The number of hydrogen-bond donors (Lipinski definition) is 1. The molecule has 0 radical (unpaired) electrons. The van der Waals surface area contributed by atoms with E-state index in [1.54, 1.807) is 18.2 Å². The van der Waals surface area contributed by atoms with Crippen molar-refractivity contribution in [1.82, 2.24) is 0 Å². The zero-order valence-electron chi connectivity index (χ0n) is 14.5. The van der Waals surface area contributed by atoms with E-state index in [-0.39, 0.29) is 5.75 Å². The second-order valence-electron chi connectivity index (χ2n) is 5.51. The van der Waals surface area contributed by atoms with Crippen molar-refractivity contribution >= 4 is 16.1 Å². The Morgan fingerprint density at radius 2 is 2.12 bits per heavy atom. The van der Waals surface area contributed by atoms with Gasteiger partial charge in [-0.2, -0.15) is 8.42 Å². The van der Waals surface area contributed by atoms with Crippen molar-refractivity contribution in [3.8, 4) is 18.1 Å². The number of terminal acetylenes is 1. The summed E-state index contributed by atoms with van der Waals surface area (Å²) >= 11 is 0. The van der Waals surface area contributed by atoms with Gasteiger partial charge >= 0.3 is 5.97 Å². The minimum absolute atomic E-state index is 0.258. The van der Waals surface area contributed by atoms with Crippen molar-refractivity contribution < 1.29 is 22.5 Å². The molecule has 1 rings (SSSR count). The molecule has 1 unspecified atom stereocenters. The van der Waals surface area contributed by atoms with E-state index < -0.39 is 26.6 Å². The van der Waals surface area contributed by atoms with Crippen LogP contribution in [0.3, 0.4) is 0 Å². The summed E-state index contributed by atoms with van der Waals surface area (Å²) in [7, 11) is -4.66. The van der Waals surface area contributed by atoms with Crippen molar-refractivity contribution in [2.75, 3.05) is 0 Å². The van der Waals surface area contributed by atoms with Gasteiger partial charge in [-0.05, 0) is 43.0 Å². The molecule has 1 aromatic carbocycles. The Morgan fingerprint density at radius 3 is 2.64 bits per heavy atom. The maximum atomic E-state index is 12.3. The molecule has 0 amide bonds. The van der Waals surface area contributed by atoms with Gasteiger partial charge in [-0.15, -0.1) is 6.42 Å². The first-order valence-electron chi connectivity index (χ1n) is 7.87. The number of benzene rings is 1. The molecule has 0 aromatic heterocycles. The van der Waals surface area contributed by atoms with Gasteiger partial charge in [0.15, 0.2) is 0 Å². The zero-order chi connectivity index (χ0) is 19.0. The SMILES string of the molecule is C#CC(C(=O)Oc1cccc(C(C)CCC)c1)=C(C=CC)S(=O)(=O)O. The molecule has 0 heterocycles. The number of hydrogen-bond acceptors (Lipinski definition) is 4. The van der Waals surface area contributed by atoms with Crippen LogP contribution in [-0.2, 0) is 14.9 Å². The molecule has 5 nitrogen and oxygen atoms in total. The molecule has 6 heteroatoms. The Morgan fingerprint density at radius 1 is 1.44 bits per heavy atom. The van der Waals surface area contributed by atoms with Crippen molar-refractivity contribution in [3.63, 3.8) is 0 Å². The van der Waals surface area contributed by atoms with E-state index in [1.165, 1.54) is 13.0 Å². The predicted octanol–water partition coefficient (Wildman–Crippen LogP) is 3.85. The van der Waals surface area contributed by atoms with E-state index in [1.807, 2.05) is 12.0 Å². The molecule has 1 aromatic rings. The van der Waals surface area contributed by atoms with E-state index in [2.05, 4.69) is 13.8 Å². The first kappa shape index (κ1) is 20.7. The molecule has 134 valence electrons. The summed E-state index contributed by atoms with van der Waals surface area (Å²) in [5.41, 5.74) is 0.439. The van der Waals surface area contributed by atoms with Crippen molar-refractivity contribution in [2.24, 2.45) is 0 Å². The van der Waals surface area contributed by atoms with Gasteiger partial charge < -0.3 is 4.74 Å². The van der Waals surface area contributed by atoms with E-state index >= 15 is 0 Å². The highest BCUT2D eigenvalue weighted by molar-refractivity contribution is 7.90. The third-order valence-corrected chi connectivity index (χ3v) is 4.45. The minimum Gasteiger partial charge on any atom is -0.422 e.